The van der Waals surface area contributed by atoms with Gasteiger partial charge in [0.05, 0.1) is 13.0 Å². The van der Waals surface area contributed by atoms with Crippen LogP contribution in [0.4, 0.5) is 14.7 Å². The maximum Gasteiger partial charge on any atom is 0.260 e. The summed E-state index contributed by atoms with van der Waals surface area (Å²) in [4.78, 5) is 18.1. The van der Waals surface area contributed by atoms with E-state index in [1.54, 1.807) is 7.11 Å². The molecule has 24 heavy (non-hydrogen) atoms. The van der Waals surface area contributed by atoms with E-state index < -0.39 is 12.5 Å². The van der Waals surface area contributed by atoms with Crippen molar-refractivity contribution in [3.8, 4) is 0 Å². The van der Waals surface area contributed by atoms with Gasteiger partial charge in [-0.1, -0.05) is 0 Å². The molecule has 0 saturated carbocycles. The van der Waals surface area contributed by atoms with Crippen molar-refractivity contribution in [3.63, 3.8) is 0 Å². The van der Waals surface area contributed by atoms with Gasteiger partial charge in [0, 0.05) is 26.2 Å². The lowest BCUT2D eigenvalue weighted by molar-refractivity contribution is -0.134. The highest BCUT2D eigenvalue weighted by Gasteiger charge is 2.38. The van der Waals surface area contributed by atoms with Crippen molar-refractivity contribution in [2.45, 2.75) is 44.2 Å². The van der Waals surface area contributed by atoms with E-state index in [-0.39, 0.29) is 17.9 Å². The molecule has 3 rings (SSSR count). The number of rotatable bonds is 5. The highest BCUT2D eigenvalue weighted by atomic mass is 19.3. The first-order valence-electron chi connectivity index (χ1n) is 8.31. The average molecular weight is 343 g/mol. The Morgan fingerprint density at radius 3 is 3.12 bits per heavy atom. The summed E-state index contributed by atoms with van der Waals surface area (Å²) in [7, 11) is 1.57. The summed E-state index contributed by atoms with van der Waals surface area (Å²) in [6.07, 6.45) is 1.25. The summed E-state index contributed by atoms with van der Waals surface area (Å²) >= 11 is 0. The van der Waals surface area contributed by atoms with Gasteiger partial charge < -0.3 is 15.0 Å². The standard InChI is InChI=1S/C15H23F2N5O2/c1-24-6-4-13(23)21-5-2-3-10(8-21)11-7-12(14(16)17)22-15(20-11)18-9-19-22/h9-12,14H,2-8H2,1H3,(H,18,19,20)/t10-,11-,12+/m0/s1. The Morgan fingerprint density at radius 1 is 1.54 bits per heavy atom. The molecular formula is C15H23F2N5O2. The SMILES string of the molecule is COCCC(=O)N1CCC[C@H]([C@@H]2C[C@H](C(F)F)n3ncnc3N2)C1. The number of nitrogens with one attached hydrogen (secondary N) is 1. The van der Waals surface area contributed by atoms with Gasteiger partial charge in [-0.3, -0.25) is 4.79 Å². The highest BCUT2D eigenvalue weighted by molar-refractivity contribution is 5.76. The molecule has 0 aliphatic carbocycles. The predicted molar refractivity (Wildman–Crippen MR) is 82.9 cm³/mol. The number of aromatic nitrogens is 3. The fraction of sp³-hybridized carbons (Fsp3) is 0.800. The van der Waals surface area contributed by atoms with E-state index >= 15 is 0 Å². The van der Waals surface area contributed by atoms with Gasteiger partial charge in [-0.15, -0.1) is 0 Å². The number of anilines is 1. The van der Waals surface area contributed by atoms with Crippen LogP contribution in [0.15, 0.2) is 6.33 Å². The number of carbonyl (C=O) groups is 1. The number of hydrogen-bond acceptors (Lipinski definition) is 5. The normalized spacial score (nSPS) is 27.0. The van der Waals surface area contributed by atoms with E-state index in [9.17, 15) is 13.6 Å². The molecule has 1 aromatic heterocycles. The van der Waals surface area contributed by atoms with E-state index in [2.05, 4.69) is 15.4 Å². The fourth-order valence-corrected chi connectivity index (χ4v) is 3.61. The first kappa shape index (κ1) is 17.1. The van der Waals surface area contributed by atoms with Crippen LogP contribution in [0.3, 0.4) is 0 Å². The number of halogens is 2. The van der Waals surface area contributed by atoms with E-state index in [1.165, 1.54) is 11.0 Å². The molecule has 1 fully saturated rings. The molecule has 9 heteroatoms. The number of hydrogen-bond donors (Lipinski definition) is 1. The average Bonchev–Trinajstić information content (AvgIpc) is 3.07. The smallest absolute Gasteiger partial charge is 0.260 e. The molecule has 1 saturated heterocycles. The largest absolute Gasteiger partial charge is 0.384 e. The number of methoxy groups -OCH3 is 1. The van der Waals surface area contributed by atoms with E-state index in [0.29, 0.717) is 31.9 Å². The number of carbonyl (C=O) groups excluding carboxylic acids is 1. The number of alkyl halides is 2. The number of nitrogens with zero attached hydrogens (tertiary/aromatic N) is 4. The molecule has 0 bridgehead atoms. The Morgan fingerprint density at radius 2 is 2.38 bits per heavy atom. The van der Waals surface area contributed by atoms with Crippen molar-refractivity contribution in [3.05, 3.63) is 6.33 Å². The third-order valence-electron chi connectivity index (χ3n) is 4.89. The third kappa shape index (κ3) is 3.50. The van der Waals surface area contributed by atoms with Crippen LogP contribution in [0.2, 0.25) is 0 Å². The number of ether oxygens (including phenoxy) is 1. The Hall–Kier alpha value is -1.77. The molecule has 0 aromatic carbocycles. The Bertz CT molecular complexity index is 568. The van der Waals surface area contributed by atoms with Crippen LogP contribution in [0.5, 0.6) is 0 Å². The molecule has 7 nitrogen and oxygen atoms in total. The van der Waals surface area contributed by atoms with Crippen LogP contribution in [-0.2, 0) is 9.53 Å². The summed E-state index contributed by atoms with van der Waals surface area (Å²) in [5.41, 5.74) is 0. The Kier molecular flexibility index (Phi) is 5.27. The number of likely N-dealkylation sites (tertiary alicyclic amines) is 1. The Balaban J connectivity index is 1.67. The van der Waals surface area contributed by atoms with Crippen molar-refractivity contribution >= 4 is 11.9 Å². The van der Waals surface area contributed by atoms with Crippen molar-refractivity contribution in [1.82, 2.24) is 19.7 Å². The lowest BCUT2D eigenvalue weighted by Gasteiger charge is -2.40. The molecule has 2 aliphatic rings. The maximum atomic E-state index is 13.4. The minimum absolute atomic E-state index is 0.0611. The minimum Gasteiger partial charge on any atom is -0.384 e. The zero-order valence-electron chi connectivity index (χ0n) is 13.7. The molecule has 2 aliphatic heterocycles. The van der Waals surface area contributed by atoms with Gasteiger partial charge in [-0.25, -0.2) is 13.5 Å². The molecule has 0 unspecified atom stereocenters. The van der Waals surface area contributed by atoms with Crippen LogP contribution in [0.25, 0.3) is 0 Å². The highest BCUT2D eigenvalue weighted by Crippen LogP contribution is 2.35. The van der Waals surface area contributed by atoms with Gasteiger partial charge in [-0.2, -0.15) is 10.1 Å². The predicted octanol–water partition coefficient (Wildman–Crippen LogP) is 1.54. The molecule has 1 amide bonds. The van der Waals surface area contributed by atoms with Crippen LogP contribution < -0.4 is 5.32 Å². The summed E-state index contributed by atoms with van der Waals surface area (Å²) in [6, 6.07) is -1.09. The van der Waals surface area contributed by atoms with Crippen molar-refractivity contribution < 1.29 is 18.3 Å². The van der Waals surface area contributed by atoms with Crippen molar-refractivity contribution in [2.75, 3.05) is 32.1 Å². The lowest BCUT2D eigenvalue weighted by atomic mass is 9.86. The first-order valence-corrected chi connectivity index (χ1v) is 8.31. The quantitative estimate of drug-likeness (QED) is 0.878. The molecule has 0 radical (unpaired) electrons. The van der Waals surface area contributed by atoms with Crippen LogP contribution in [-0.4, -0.2) is 64.8 Å². The van der Waals surface area contributed by atoms with Gasteiger partial charge >= 0.3 is 0 Å². The fourth-order valence-electron chi connectivity index (χ4n) is 3.61. The number of piperidine rings is 1. The monoisotopic (exact) mass is 343 g/mol. The topological polar surface area (TPSA) is 72.3 Å². The zero-order valence-corrected chi connectivity index (χ0v) is 13.7. The van der Waals surface area contributed by atoms with Gasteiger partial charge in [0.25, 0.3) is 6.43 Å². The van der Waals surface area contributed by atoms with Gasteiger partial charge in [0.15, 0.2) is 0 Å². The second kappa shape index (κ2) is 7.42. The van der Waals surface area contributed by atoms with Crippen molar-refractivity contribution in [2.24, 2.45) is 5.92 Å². The second-order valence-electron chi connectivity index (χ2n) is 6.40. The second-order valence-corrected chi connectivity index (χ2v) is 6.40. The number of fused-ring (bicyclic) bond motifs is 1. The molecular weight excluding hydrogens is 320 g/mol. The Labute approximate surface area is 139 Å². The summed E-state index contributed by atoms with van der Waals surface area (Å²) in [5.74, 6) is 0.585. The van der Waals surface area contributed by atoms with E-state index in [4.69, 9.17) is 4.74 Å². The minimum atomic E-state index is -2.49. The summed E-state index contributed by atoms with van der Waals surface area (Å²) in [5, 5.41) is 7.13. The molecule has 1 aromatic rings. The third-order valence-corrected chi connectivity index (χ3v) is 4.89. The van der Waals surface area contributed by atoms with Gasteiger partial charge in [0.1, 0.15) is 12.4 Å². The lowest BCUT2D eigenvalue weighted by Crippen LogP contribution is -2.48. The zero-order chi connectivity index (χ0) is 17.1. The molecule has 0 spiro atoms. The molecule has 134 valence electrons. The van der Waals surface area contributed by atoms with Gasteiger partial charge in [-0.05, 0) is 25.2 Å². The van der Waals surface area contributed by atoms with E-state index in [1.807, 2.05) is 4.90 Å². The van der Waals surface area contributed by atoms with E-state index in [0.717, 1.165) is 19.4 Å². The first-order chi connectivity index (χ1) is 11.6. The molecule has 3 heterocycles. The summed E-state index contributed by atoms with van der Waals surface area (Å²) in [6.45, 7) is 1.71. The molecule has 1 N–H and O–H groups in total. The molecule has 3 atom stereocenters. The maximum absolute atomic E-state index is 13.4. The van der Waals surface area contributed by atoms with Gasteiger partial charge in [0.2, 0.25) is 11.9 Å². The van der Waals surface area contributed by atoms with Crippen LogP contribution in [0.1, 0.15) is 31.7 Å². The van der Waals surface area contributed by atoms with Crippen LogP contribution in [0, 0.1) is 5.92 Å². The summed E-state index contributed by atoms with van der Waals surface area (Å²) < 4.78 is 33.0. The van der Waals surface area contributed by atoms with Crippen LogP contribution >= 0.6 is 0 Å². The number of amides is 1. The van der Waals surface area contributed by atoms with Crippen molar-refractivity contribution in [1.29, 1.82) is 0 Å².